The number of hydrogen-bond acceptors (Lipinski definition) is 2. The smallest absolute Gasteiger partial charge is 0.0371 e. The fraction of sp³-hybridized carbons (Fsp3) is 0.625. The van der Waals surface area contributed by atoms with Crippen LogP contribution in [0.25, 0.3) is 0 Å². The second-order valence-corrected chi connectivity index (χ2v) is 5.56. The Morgan fingerprint density at radius 1 is 1.11 bits per heavy atom. The van der Waals surface area contributed by atoms with Gasteiger partial charge in [-0.25, -0.2) is 0 Å². The molecule has 0 aliphatic carbocycles. The number of aryl methyl sites for hydroxylation is 2. The van der Waals surface area contributed by atoms with Crippen LogP contribution in [0.1, 0.15) is 37.3 Å². The first kappa shape index (κ1) is 13.4. The van der Waals surface area contributed by atoms with Crippen LogP contribution in [0, 0.1) is 13.8 Å². The maximum Gasteiger partial charge on any atom is 0.0371 e. The topological polar surface area (TPSA) is 15.3 Å². The number of nitrogens with one attached hydrogen (secondary N) is 1. The molecule has 1 aliphatic heterocycles. The SMILES string of the molecule is CCCNC1CCN(c2cc(C)cc(C)c2)CC1. The predicted octanol–water partition coefficient (Wildman–Crippen LogP) is 3.27. The summed E-state index contributed by atoms with van der Waals surface area (Å²) in [5.74, 6) is 0. The fourth-order valence-corrected chi connectivity index (χ4v) is 2.82. The van der Waals surface area contributed by atoms with Crippen LogP contribution in [0.4, 0.5) is 5.69 Å². The molecule has 0 aromatic heterocycles. The highest BCUT2D eigenvalue weighted by molar-refractivity contribution is 5.51. The lowest BCUT2D eigenvalue weighted by molar-refractivity contribution is 0.416. The van der Waals surface area contributed by atoms with Gasteiger partial charge >= 0.3 is 0 Å². The largest absolute Gasteiger partial charge is 0.371 e. The quantitative estimate of drug-likeness (QED) is 0.877. The van der Waals surface area contributed by atoms with Crippen LogP contribution >= 0.6 is 0 Å². The molecule has 1 fully saturated rings. The van der Waals surface area contributed by atoms with E-state index in [9.17, 15) is 0 Å². The maximum atomic E-state index is 3.64. The third-order valence-corrected chi connectivity index (χ3v) is 3.75. The van der Waals surface area contributed by atoms with Crippen molar-refractivity contribution in [2.24, 2.45) is 0 Å². The van der Waals surface area contributed by atoms with Gasteiger partial charge in [0.2, 0.25) is 0 Å². The van der Waals surface area contributed by atoms with Crippen molar-refractivity contribution in [1.82, 2.24) is 5.32 Å². The first-order valence-electron chi connectivity index (χ1n) is 7.25. The first-order chi connectivity index (χ1) is 8.69. The molecule has 1 aromatic rings. The minimum Gasteiger partial charge on any atom is -0.371 e. The van der Waals surface area contributed by atoms with Crippen molar-refractivity contribution in [2.75, 3.05) is 24.5 Å². The van der Waals surface area contributed by atoms with E-state index in [-0.39, 0.29) is 0 Å². The van der Waals surface area contributed by atoms with Gasteiger partial charge in [-0.15, -0.1) is 0 Å². The van der Waals surface area contributed by atoms with E-state index < -0.39 is 0 Å². The Kier molecular flexibility index (Phi) is 4.65. The summed E-state index contributed by atoms with van der Waals surface area (Å²) >= 11 is 0. The summed E-state index contributed by atoms with van der Waals surface area (Å²) in [7, 11) is 0. The van der Waals surface area contributed by atoms with Gasteiger partial charge in [0.1, 0.15) is 0 Å². The van der Waals surface area contributed by atoms with Gasteiger partial charge < -0.3 is 10.2 Å². The number of nitrogens with zero attached hydrogens (tertiary/aromatic N) is 1. The summed E-state index contributed by atoms with van der Waals surface area (Å²) in [5, 5.41) is 3.64. The van der Waals surface area contributed by atoms with Gasteiger partial charge in [0.05, 0.1) is 0 Å². The van der Waals surface area contributed by atoms with Crippen molar-refractivity contribution in [3.05, 3.63) is 29.3 Å². The van der Waals surface area contributed by atoms with E-state index in [2.05, 4.69) is 49.2 Å². The molecule has 0 spiro atoms. The highest BCUT2D eigenvalue weighted by atomic mass is 15.1. The van der Waals surface area contributed by atoms with E-state index in [1.165, 1.54) is 49.2 Å². The van der Waals surface area contributed by atoms with Gasteiger partial charge in [-0.1, -0.05) is 13.0 Å². The Balaban J connectivity index is 1.92. The number of piperidine rings is 1. The molecule has 100 valence electrons. The Morgan fingerprint density at radius 2 is 1.72 bits per heavy atom. The molecule has 1 heterocycles. The average Bonchev–Trinajstić information content (AvgIpc) is 2.36. The molecule has 0 atom stereocenters. The number of rotatable bonds is 4. The van der Waals surface area contributed by atoms with Crippen molar-refractivity contribution in [2.45, 2.75) is 46.1 Å². The van der Waals surface area contributed by atoms with Gasteiger partial charge in [-0.2, -0.15) is 0 Å². The molecule has 18 heavy (non-hydrogen) atoms. The zero-order valence-electron chi connectivity index (χ0n) is 12.0. The summed E-state index contributed by atoms with van der Waals surface area (Å²) in [4.78, 5) is 2.53. The highest BCUT2D eigenvalue weighted by Crippen LogP contribution is 2.22. The number of hydrogen-bond donors (Lipinski definition) is 1. The van der Waals surface area contributed by atoms with Crippen molar-refractivity contribution in [3.63, 3.8) is 0 Å². The lowest BCUT2D eigenvalue weighted by atomic mass is 10.0. The van der Waals surface area contributed by atoms with Crippen molar-refractivity contribution in [3.8, 4) is 0 Å². The van der Waals surface area contributed by atoms with Gasteiger partial charge in [0.15, 0.2) is 0 Å². The van der Waals surface area contributed by atoms with Gasteiger partial charge in [0, 0.05) is 24.8 Å². The zero-order valence-corrected chi connectivity index (χ0v) is 12.0. The predicted molar refractivity (Wildman–Crippen MR) is 79.4 cm³/mol. The summed E-state index contributed by atoms with van der Waals surface area (Å²) in [5.41, 5.74) is 4.15. The normalized spacial score (nSPS) is 17.2. The number of benzene rings is 1. The van der Waals surface area contributed by atoms with Crippen LogP contribution in [0.3, 0.4) is 0 Å². The second-order valence-electron chi connectivity index (χ2n) is 5.56. The first-order valence-corrected chi connectivity index (χ1v) is 7.25. The van der Waals surface area contributed by atoms with Crippen LogP contribution in [0.5, 0.6) is 0 Å². The molecule has 2 nitrogen and oxygen atoms in total. The molecule has 1 N–H and O–H groups in total. The standard InChI is InChI=1S/C16H26N2/c1-4-7-17-15-5-8-18(9-6-15)16-11-13(2)10-14(3)12-16/h10-12,15,17H,4-9H2,1-3H3. The molecule has 0 amide bonds. The third kappa shape index (κ3) is 3.49. The Morgan fingerprint density at radius 3 is 2.28 bits per heavy atom. The van der Waals surface area contributed by atoms with Crippen LogP contribution in [-0.4, -0.2) is 25.7 Å². The molecule has 1 saturated heterocycles. The van der Waals surface area contributed by atoms with Gasteiger partial charge in [-0.05, 0) is 62.9 Å². The Hall–Kier alpha value is -1.02. The molecule has 1 aromatic carbocycles. The highest BCUT2D eigenvalue weighted by Gasteiger charge is 2.18. The zero-order chi connectivity index (χ0) is 13.0. The molecule has 0 saturated carbocycles. The van der Waals surface area contributed by atoms with Crippen LogP contribution in [0.2, 0.25) is 0 Å². The summed E-state index contributed by atoms with van der Waals surface area (Å²) in [6, 6.07) is 7.60. The third-order valence-electron chi connectivity index (χ3n) is 3.75. The summed E-state index contributed by atoms with van der Waals surface area (Å²) in [6.45, 7) is 10.1. The van der Waals surface area contributed by atoms with Crippen LogP contribution < -0.4 is 10.2 Å². The van der Waals surface area contributed by atoms with Gasteiger partial charge in [-0.3, -0.25) is 0 Å². The van der Waals surface area contributed by atoms with E-state index in [1.807, 2.05) is 0 Å². The summed E-state index contributed by atoms with van der Waals surface area (Å²) in [6.07, 6.45) is 3.78. The molecular weight excluding hydrogens is 220 g/mol. The lowest BCUT2D eigenvalue weighted by Gasteiger charge is -2.34. The molecule has 2 rings (SSSR count). The van der Waals surface area contributed by atoms with Crippen molar-refractivity contribution in [1.29, 1.82) is 0 Å². The molecule has 1 aliphatic rings. The summed E-state index contributed by atoms with van der Waals surface area (Å²) < 4.78 is 0. The minimum absolute atomic E-state index is 0.729. The average molecular weight is 246 g/mol. The molecule has 2 heteroatoms. The molecular formula is C16H26N2. The van der Waals surface area contributed by atoms with Gasteiger partial charge in [0.25, 0.3) is 0 Å². The second kappa shape index (κ2) is 6.24. The van der Waals surface area contributed by atoms with E-state index in [0.29, 0.717) is 0 Å². The van der Waals surface area contributed by atoms with Crippen molar-refractivity contribution < 1.29 is 0 Å². The fourth-order valence-electron chi connectivity index (χ4n) is 2.82. The maximum absolute atomic E-state index is 3.64. The van der Waals surface area contributed by atoms with Crippen LogP contribution in [0.15, 0.2) is 18.2 Å². The van der Waals surface area contributed by atoms with E-state index in [1.54, 1.807) is 0 Å². The molecule has 0 bridgehead atoms. The lowest BCUT2D eigenvalue weighted by Crippen LogP contribution is -2.42. The number of anilines is 1. The van der Waals surface area contributed by atoms with E-state index >= 15 is 0 Å². The van der Waals surface area contributed by atoms with E-state index in [0.717, 1.165) is 12.6 Å². The van der Waals surface area contributed by atoms with E-state index in [4.69, 9.17) is 0 Å². The monoisotopic (exact) mass is 246 g/mol. The molecule has 0 radical (unpaired) electrons. The minimum atomic E-state index is 0.729. The van der Waals surface area contributed by atoms with Crippen LogP contribution in [-0.2, 0) is 0 Å². The van der Waals surface area contributed by atoms with Crippen molar-refractivity contribution >= 4 is 5.69 Å². The Labute approximate surface area is 111 Å². The molecule has 0 unspecified atom stereocenters. The Bertz CT molecular complexity index is 358.